The summed E-state index contributed by atoms with van der Waals surface area (Å²) in [5.74, 6) is 0.304. The minimum Gasteiger partial charge on any atom is -0.448 e. The fraction of sp³-hybridized carbons (Fsp3) is 0.480. The second-order valence-corrected chi connectivity index (χ2v) is 8.85. The van der Waals surface area contributed by atoms with E-state index in [1.165, 1.54) is 33.6 Å². The number of fused-ring (bicyclic) bond motifs is 3. The predicted molar refractivity (Wildman–Crippen MR) is 115 cm³/mol. The Morgan fingerprint density at radius 1 is 1.03 bits per heavy atom. The van der Waals surface area contributed by atoms with Crippen LogP contribution in [0.4, 0.5) is 4.79 Å². The lowest BCUT2D eigenvalue weighted by molar-refractivity contribution is -0.0374. The van der Waals surface area contributed by atoms with Gasteiger partial charge in [0.05, 0.1) is 12.1 Å². The number of benzene rings is 2. The summed E-state index contributed by atoms with van der Waals surface area (Å²) < 4.78 is 5.71. The number of likely N-dealkylation sites (N-methyl/N-ethyl adjacent to an activating group) is 1. The van der Waals surface area contributed by atoms with Gasteiger partial charge in [-0.2, -0.15) is 0 Å². The molecule has 4 rings (SSSR count). The summed E-state index contributed by atoms with van der Waals surface area (Å²) in [4.78, 5) is 14.2. The van der Waals surface area contributed by atoms with Crippen molar-refractivity contribution in [2.75, 3.05) is 20.2 Å². The van der Waals surface area contributed by atoms with Gasteiger partial charge >= 0.3 is 6.09 Å². The first-order valence-corrected chi connectivity index (χ1v) is 10.8. The number of ether oxygens (including phenoxy) is 1. The standard InChI is InChI=1S/C25H31NO3/c1-25(28,18-10-4-3-5-11-18)17-26(2)24(27)29-16-23-21-14-8-6-12-19(21)20-13-7-9-15-22(20)23/h6-9,12-15,18,23,28H,3-5,10-11,16-17H2,1-2H3. The molecule has 0 aliphatic heterocycles. The van der Waals surface area contributed by atoms with Crippen molar-refractivity contribution in [3.05, 3.63) is 59.7 Å². The van der Waals surface area contributed by atoms with Crippen LogP contribution in [0.3, 0.4) is 0 Å². The number of hydrogen-bond donors (Lipinski definition) is 1. The normalized spacial score (nSPS) is 18.6. The first kappa shape index (κ1) is 20.0. The Balaban J connectivity index is 1.40. The van der Waals surface area contributed by atoms with Crippen molar-refractivity contribution < 1.29 is 14.6 Å². The Morgan fingerprint density at radius 2 is 1.59 bits per heavy atom. The third-order valence-corrected chi connectivity index (χ3v) is 6.69. The van der Waals surface area contributed by atoms with E-state index in [4.69, 9.17) is 4.74 Å². The van der Waals surface area contributed by atoms with Gasteiger partial charge in [-0.25, -0.2) is 4.79 Å². The van der Waals surface area contributed by atoms with Gasteiger partial charge in [-0.1, -0.05) is 67.8 Å². The highest BCUT2D eigenvalue weighted by Crippen LogP contribution is 2.44. The van der Waals surface area contributed by atoms with E-state index in [-0.39, 0.29) is 17.9 Å². The van der Waals surface area contributed by atoms with Gasteiger partial charge in [0, 0.05) is 13.0 Å². The van der Waals surface area contributed by atoms with E-state index >= 15 is 0 Å². The average molecular weight is 394 g/mol. The molecule has 0 radical (unpaired) electrons. The molecule has 2 aliphatic carbocycles. The van der Waals surface area contributed by atoms with Crippen LogP contribution >= 0.6 is 0 Å². The highest BCUT2D eigenvalue weighted by atomic mass is 16.6. The fourth-order valence-corrected chi connectivity index (χ4v) is 5.10. The van der Waals surface area contributed by atoms with E-state index in [1.54, 1.807) is 7.05 Å². The molecule has 29 heavy (non-hydrogen) atoms. The molecule has 1 fully saturated rings. The van der Waals surface area contributed by atoms with Crippen LogP contribution in [-0.4, -0.2) is 41.9 Å². The van der Waals surface area contributed by atoms with Crippen LogP contribution in [0.2, 0.25) is 0 Å². The predicted octanol–water partition coefficient (Wildman–Crippen LogP) is 5.20. The molecule has 2 aromatic rings. The molecule has 1 saturated carbocycles. The van der Waals surface area contributed by atoms with Crippen LogP contribution in [0.1, 0.15) is 56.1 Å². The number of rotatable bonds is 5. The second kappa shape index (κ2) is 8.19. The van der Waals surface area contributed by atoms with Gasteiger partial charge in [0.2, 0.25) is 0 Å². The first-order valence-electron chi connectivity index (χ1n) is 10.8. The molecule has 154 valence electrons. The Hall–Kier alpha value is -2.33. The van der Waals surface area contributed by atoms with Crippen LogP contribution in [0.5, 0.6) is 0 Å². The smallest absolute Gasteiger partial charge is 0.409 e. The monoisotopic (exact) mass is 393 g/mol. The van der Waals surface area contributed by atoms with E-state index in [0.29, 0.717) is 13.2 Å². The van der Waals surface area contributed by atoms with Gasteiger partial charge in [0.25, 0.3) is 0 Å². The SMILES string of the molecule is CN(CC(C)(O)C1CCCCC1)C(=O)OCC1c2ccccc2-c2ccccc21. The zero-order chi connectivity index (χ0) is 20.4. The third kappa shape index (κ3) is 4.04. The van der Waals surface area contributed by atoms with Crippen molar-refractivity contribution in [1.29, 1.82) is 0 Å². The van der Waals surface area contributed by atoms with E-state index in [2.05, 4.69) is 24.3 Å². The summed E-state index contributed by atoms with van der Waals surface area (Å²) in [7, 11) is 1.72. The lowest BCUT2D eigenvalue weighted by Gasteiger charge is -2.38. The minimum atomic E-state index is -0.874. The van der Waals surface area contributed by atoms with Crippen molar-refractivity contribution in [2.45, 2.75) is 50.5 Å². The fourth-order valence-electron chi connectivity index (χ4n) is 5.10. The van der Waals surface area contributed by atoms with Crippen LogP contribution in [0.25, 0.3) is 11.1 Å². The first-order chi connectivity index (χ1) is 14.0. The molecule has 0 bridgehead atoms. The summed E-state index contributed by atoms with van der Waals surface area (Å²) in [6.45, 7) is 2.47. The zero-order valence-electron chi connectivity index (χ0n) is 17.4. The molecule has 1 amide bonds. The maximum Gasteiger partial charge on any atom is 0.409 e. The molecule has 1 atom stereocenters. The third-order valence-electron chi connectivity index (χ3n) is 6.69. The lowest BCUT2D eigenvalue weighted by atomic mass is 9.77. The van der Waals surface area contributed by atoms with Crippen LogP contribution in [0, 0.1) is 5.92 Å². The Morgan fingerprint density at radius 3 is 2.17 bits per heavy atom. The molecule has 4 nitrogen and oxygen atoms in total. The van der Waals surface area contributed by atoms with Gasteiger partial charge in [-0.3, -0.25) is 0 Å². The Labute approximate surface area is 173 Å². The number of amides is 1. The maximum absolute atomic E-state index is 12.7. The van der Waals surface area contributed by atoms with E-state index in [1.807, 2.05) is 31.2 Å². The molecule has 0 heterocycles. The van der Waals surface area contributed by atoms with Gasteiger partial charge in [-0.15, -0.1) is 0 Å². The molecule has 0 aromatic heterocycles. The Bertz CT molecular complexity index is 824. The zero-order valence-corrected chi connectivity index (χ0v) is 17.4. The van der Waals surface area contributed by atoms with Gasteiger partial charge in [0.1, 0.15) is 6.61 Å². The van der Waals surface area contributed by atoms with E-state index in [0.717, 1.165) is 25.7 Å². The van der Waals surface area contributed by atoms with Crippen molar-refractivity contribution in [3.8, 4) is 11.1 Å². The van der Waals surface area contributed by atoms with Crippen molar-refractivity contribution in [3.63, 3.8) is 0 Å². The summed E-state index contributed by atoms with van der Waals surface area (Å²) in [5.41, 5.74) is 3.98. The van der Waals surface area contributed by atoms with Crippen LogP contribution < -0.4 is 0 Å². The molecule has 0 saturated heterocycles. The van der Waals surface area contributed by atoms with Crippen molar-refractivity contribution in [1.82, 2.24) is 4.90 Å². The quantitative estimate of drug-likeness (QED) is 0.760. The van der Waals surface area contributed by atoms with Gasteiger partial charge in [0.15, 0.2) is 0 Å². The molecular formula is C25H31NO3. The summed E-state index contributed by atoms with van der Waals surface area (Å²) in [5, 5.41) is 10.9. The van der Waals surface area contributed by atoms with Crippen LogP contribution in [0.15, 0.2) is 48.5 Å². The lowest BCUT2D eigenvalue weighted by Crippen LogP contribution is -2.47. The number of carbonyl (C=O) groups is 1. The summed E-state index contributed by atoms with van der Waals surface area (Å²) in [6, 6.07) is 16.7. The van der Waals surface area contributed by atoms with E-state index < -0.39 is 5.60 Å². The average Bonchev–Trinajstić information content (AvgIpc) is 3.06. The molecular weight excluding hydrogens is 362 g/mol. The van der Waals surface area contributed by atoms with E-state index in [9.17, 15) is 9.90 Å². The van der Waals surface area contributed by atoms with Crippen molar-refractivity contribution >= 4 is 6.09 Å². The largest absolute Gasteiger partial charge is 0.448 e. The maximum atomic E-state index is 12.7. The summed E-state index contributed by atoms with van der Waals surface area (Å²) in [6.07, 6.45) is 5.26. The second-order valence-electron chi connectivity index (χ2n) is 8.85. The number of hydrogen-bond acceptors (Lipinski definition) is 3. The van der Waals surface area contributed by atoms with Crippen LogP contribution in [-0.2, 0) is 4.74 Å². The summed E-state index contributed by atoms with van der Waals surface area (Å²) >= 11 is 0. The molecule has 2 aliphatic rings. The van der Waals surface area contributed by atoms with Crippen molar-refractivity contribution in [2.24, 2.45) is 5.92 Å². The number of nitrogens with zero attached hydrogens (tertiary/aromatic N) is 1. The number of aliphatic hydroxyl groups is 1. The molecule has 2 aromatic carbocycles. The molecule has 4 heteroatoms. The van der Waals surface area contributed by atoms with Gasteiger partial charge in [-0.05, 0) is 47.9 Å². The van der Waals surface area contributed by atoms with Gasteiger partial charge < -0.3 is 14.7 Å². The molecule has 1 N–H and O–H groups in total. The topological polar surface area (TPSA) is 49.8 Å². The molecule has 1 unspecified atom stereocenters. The number of carbonyl (C=O) groups excluding carboxylic acids is 1. The highest BCUT2D eigenvalue weighted by molar-refractivity contribution is 5.79. The minimum absolute atomic E-state index is 0.0543. The Kier molecular flexibility index (Phi) is 5.64. The highest BCUT2D eigenvalue weighted by Gasteiger charge is 2.35. The molecule has 0 spiro atoms.